The predicted molar refractivity (Wildman–Crippen MR) is 71.4 cm³/mol. The Kier molecular flexibility index (Phi) is 4.51. The van der Waals surface area contributed by atoms with E-state index in [0.717, 1.165) is 31.7 Å². The molecular weight excluding hydrogens is 246 g/mol. The molecule has 19 heavy (non-hydrogen) atoms. The number of carbonyl (C=O) groups excluding carboxylic acids is 1. The lowest BCUT2D eigenvalue weighted by atomic mass is 9.97. The van der Waals surface area contributed by atoms with Crippen LogP contribution in [-0.2, 0) is 9.53 Å². The molecular formula is C12H19N5O2. The van der Waals surface area contributed by atoms with Gasteiger partial charge < -0.3 is 15.1 Å². The summed E-state index contributed by atoms with van der Waals surface area (Å²) < 4.78 is 5.05. The van der Waals surface area contributed by atoms with Crippen LogP contribution in [-0.4, -0.2) is 35.9 Å². The number of nitrogens with zero attached hydrogens (tertiary/aromatic N) is 3. The van der Waals surface area contributed by atoms with Crippen molar-refractivity contribution in [1.82, 2.24) is 10.2 Å². The highest BCUT2D eigenvalue weighted by molar-refractivity contribution is 5.72. The van der Waals surface area contributed by atoms with Crippen molar-refractivity contribution in [2.45, 2.75) is 19.8 Å². The van der Waals surface area contributed by atoms with Gasteiger partial charge in [0.15, 0.2) is 11.6 Å². The van der Waals surface area contributed by atoms with Gasteiger partial charge in [0.1, 0.15) is 0 Å². The number of aromatic nitrogens is 2. The topological polar surface area (TPSA) is 93.4 Å². The fourth-order valence-electron chi connectivity index (χ4n) is 2.18. The Labute approximate surface area is 112 Å². The lowest BCUT2D eigenvalue weighted by molar-refractivity contribution is -0.148. The van der Waals surface area contributed by atoms with Crippen LogP contribution < -0.4 is 16.2 Å². The summed E-state index contributed by atoms with van der Waals surface area (Å²) in [6, 6.07) is 3.65. The maximum Gasteiger partial charge on any atom is 0.309 e. The average Bonchev–Trinajstić information content (AvgIpc) is 2.48. The number of rotatable bonds is 4. The molecule has 0 unspecified atom stereocenters. The van der Waals surface area contributed by atoms with Crippen molar-refractivity contribution in [1.29, 1.82) is 0 Å². The van der Waals surface area contributed by atoms with Crippen LogP contribution in [0.25, 0.3) is 0 Å². The zero-order valence-corrected chi connectivity index (χ0v) is 11.0. The van der Waals surface area contributed by atoms with Gasteiger partial charge in [-0.25, -0.2) is 5.84 Å². The third-order valence-corrected chi connectivity index (χ3v) is 3.24. The van der Waals surface area contributed by atoms with E-state index in [9.17, 15) is 4.79 Å². The number of ether oxygens (including phenoxy) is 1. The number of anilines is 2. The van der Waals surface area contributed by atoms with Gasteiger partial charge in [-0.1, -0.05) is 0 Å². The standard InChI is InChI=1S/C12H19N5O2/c1-2-19-12(18)9-5-7-17(8-6-9)11-4-3-10(14-13)15-16-11/h3-4,9H,2,5-8,13H2,1H3,(H,14,15). The van der Waals surface area contributed by atoms with Gasteiger partial charge in [0.2, 0.25) is 0 Å². The van der Waals surface area contributed by atoms with Gasteiger partial charge in [-0.05, 0) is 31.9 Å². The molecule has 1 aliphatic heterocycles. The minimum absolute atomic E-state index is 0.00846. The third kappa shape index (κ3) is 3.31. The van der Waals surface area contributed by atoms with E-state index in [4.69, 9.17) is 10.6 Å². The van der Waals surface area contributed by atoms with Gasteiger partial charge in [-0.3, -0.25) is 4.79 Å². The van der Waals surface area contributed by atoms with Crippen molar-refractivity contribution < 1.29 is 9.53 Å². The van der Waals surface area contributed by atoms with Crippen LogP contribution in [0.3, 0.4) is 0 Å². The summed E-state index contributed by atoms with van der Waals surface area (Å²) in [5.74, 6) is 6.50. The fourth-order valence-corrected chi connectivity index (χ4v) is 2.18. The minimum Gasteiger partial charge on any atom is -0.466 e. The van der Waals surface area contributed by atoms with E-state index in [-0.39, 0.29) is 11.9 Å². The van der Waals surface area contributed by atoms with E-state index in [1.165, 1.54) is 0 Å². The number of piperidine rings is 1. The Morgan fingerprint density at radius 2 is 2.21 bits per heavy atom. The van der Waals surface area contributed by atoms with Gasteiger partial charge in [-0.2, -0.15) is 0 Å². The van der Waals surface area contributed by atoms with Crippen molar-refractivity contribution in [3.8, 4) is 0 Å². The summed E-state index contributed by atoms with van der Waals surface area (Å²) in [6.07, 6.45) is 1.58. The van der Waals surface area contributed by atoms with Crippen molar-refractivity contribution in [2.24, 2.45) is 11.8 Å². The van der Waals surface area contributed by atoms with E-state index < -0.39 is 0 Å². The predicted octanol–water partition coefficient (Wildman–Crippen LogP) is 0.542. The molecule has 2 heterocycles. The first-order valence-electron chi connectivity index (χ1n) is 6.46. The quantitative estimate of drug-likeness (QED) is 0.466. The number of nitrogen functional groups attached to an aromatic ring is 1. The first-order valence-corrected chi connectivity index (χ1v) is 6.46. The molecule has 1 aliphatic rings. The molecule has 3 N–H and O–H groups in total. The molecule has 2 rings (SSSR count). The number of nitrogens with one attached hydrogen (secondary N) is 1. The molecule has 0 spiro atoms. The molecule has 1 saturated heterocycles. The van der Waals surface area contributed by atoms with Crippen molar-refractivity contribution in [2.75, 3.05) is 30.0 Å². The highest BCUT2D eigenvalue weighted by Gasteiger charge is 2.26. The largest absolute Gasteiger partial charge is 0.466 e. The molecule has 7 nitrogen and oxygen atoms in total. The molecule has 0 radical (unpaired) electrons. The Morgan fingerprint density at radius 1 is 1.47 bits per heavy atom. The second kappa shape index (κ2) is 6.33. The number of nitrogens with two attached hydrogens (primary N) is 1. The van der Waals surface area contributed by atoms with Crippen LogP contribution in [0.2, 0.25) is 0 Å². The van der Waals surface area contributed by atoms with E-state index in [2.05, 4.69) is 20.5 Å². The summed E-state index contributed by atoms with van der Waals surface area (Å²) >= 11 is 0. The first-order chi connectivity index (χ1) is 9.24. The second-order valence-corrected chi connectivity index (χ2v) is 4.43. The summed E-state index contributed by atoms with van der Waals surface area (Å²) in [6.45, 7) is 3.84. The number of esters is 1. The Bertz CT molecular complexity index is 415. The van der Waals surface area contributed by atoms with Crippen LogP contribution in [0.4, 0.5) is 11.6 Å². The minimum atomic E-state index is -0.0871. The SMILES string of the molecule is CCOC(=O)C1CCN(c2ccc(NN)nn2)CC1. The number of hydrogen-bond donors (Lipinski definition) is 2. The normalized spacial score (nSPS) is 16.2. The molecule has 1 aromatic rings. The van der Waals surface area contributed by atoms with E-state index in [1.54, 1.807) is 6.07 Å². The zero-order valence-electron chi connectivity index (χ0n) is 11.0. The molecule has 104 valence electrons. The van der Waals surface area contributed by atoms with Gasteiger partial charge in [0, 0.05) is 13.1 Å². The van der Waals surface area contributed by atoms with Crippen LogP contribution in [0.1, 0.15) is 19.8 Å². The molecule has 0 bridgehead atoms. The lowest BCUT2D eigenvalue weighted by Crippen LogP contribution is -2.37. The van der Waals surface area contributed by atoms with Crippen molar-refractivity contribution >= 4 is 17.6 Å². The van der Waals surface area contributed by atoms with Crippen LogP contribution in [0, 0.1) is 5.92 Å². The fraction of sp³-hybridized carbons (Fsp3) is 0.583. The second-order valence-electron chi connectivity index (χ2n) is 4.43. The number of hydrazine groups is 1. The van der Waals surface area contributed by atoms with Crippen molar-refractivity contribution in [3.63, 3.8) is 0 Å². The monoisotopic (exact) mass is 265 g/mol. The van der Waals surface area contributed by atoms with Crippen LogP contribution >= 0.6 is 0 Å². The first kappa shape index (κ1) is 13.5. The smallest absolute Gasteiger partial charge is 0.309 e. The van der Waals surface area contributed by atoms with Crippen LogP contribution in [0.5, 0.6) is 0 Å². The van der Waals surface area contributed by atoms with Gasteiger partial charge in [-0.15, -0.1) is 10.2 Å². The molecule has 0 saturated carbocycles. The van der Waals surface area contributed by atoms with E-state index in [0.29, 0.717) is 12.4 Å². The molecule has 0 amide bonds. The van der Waals surface area contributed by atoms with E-state index in [1.807, 2.05) is 13.0 Å². The summed E-state index contributed by atoms with van der Waals surface area (Å²) in [7, 11) is 0. The summed E-state index contributed by atoms with van der Waals surface area (Å²) in [5, 5.41) is 8.03. The number of hydrogen-bond acceptors (Lipinski definition) is 7. The molecule has 0 aliphatic carbocycles. The van der Waals surface area contributed by atoms with Crippen molar-refractivity contribution in [3.05, 3.63) is 12.1 Å². The molecule has 7 heteroatoms. The lowest BCUT2D eigenvalue weighted by Gasteiger charge is -2.31. The molecule has 0 aromatic carbocycles. The Balaban J connectivity index is 1.90. The third-order valence-electron chi connectivity index (χ3n) is 3.24. The molecule has 1 aromatic heterocycles. The molecule has 0 atom stereocenters. The van der Waals surface area contributed by atoms with Crippen LogP contribution in [0.15, 0.2) is 12.1 Å². The Hall–Kier alpha value is -1.89. The highest BCUT2D eigenvalue weighted by atomic mass is 16.5. The summed E-state index contributed by atoms with van der Waals surface area (Å²) in [4.78, 5) is 13.7. The maximum atomic E-state index is 11.6. The Morgan fingerprint density at radius 3 is 2.74 bits per heavy atom. The summed E-state index contributed by atoms with van der Waals surface area (Å²) in [5.41, 5.74) is 2.44. The maximum absolute atomic E-state index is 11.6. The zero-order chi connectivity index (χ0) is 13.7. The van der Waals surface area contributed by atoms with Gasteiger partial charge in [0.05, 0.1) is 12.5 Å². The average molecular weight is 265 g/mol. The molecule has 1 fully saturated rings. The van der Waals surface area contributed by atoms with Gasteiger partial charge >= 0.3 is 5.97 Å². The van der Waals surface area contributed by atoms with E-state index >= 15 is 0 Å². The number of carbonyl (C=O) groups is 1. The van der Waals surface area contributed by atoms with Gasteiger partial charge in [0.25, 0.3) is 0 Å². The highest BCUT2D eigenvalue weighted by Crippen LogP contribution is 2.22.